The Labute approximate surface area is 211 Å². The number of benzene rings is 4. The molecule has 4 aromatic carbocycles. The molecule has 0 amide bonds. The highest BCUT2D eigenvalue weighted by Gasteiger charge is 2.39. The molecule has 0 unspecified atom stereocenters. The van der Waals surface area contributed by atoms with E-state index in [-0.39, 0.29) is 17.9 Å². The van der Waals surface area contributed by atoms with E-state index in [0.29, 0.717) is 24.7 Å². The Hall–Kier alpha value is -4.05. The molecule has 3 atom stereocenters. The van der Waals surface area contributed by atoms with E-state index >= 15 is 0 Å². The molecule has 0 aromatic heterocycles. The summed E-state index contributed by atoms with van der Waals surface area (Å²) in [4.78, 5) is 12.7. The number of ether oxygens (including phenoxy) is 2. The molecule has 2 aliphatic rings. The number of nitrogens with one attached hydrogen (secondary N) is 1. The SMILES string of the molecule is CCOC(=O)c1cccc2c1N[C@@H](c1ccc(OCc3ccc4ccccc4c3)cc1)[C@H]1CC=C[C@@H]21. The van der Waals surface area contributed by atoms with Crippen LogP contribution in [-0.2, 0) is 11.3 Å². The van der Waals surface area contributed by atoms with E-state index in [1.54, 1.807) is 0 Å². The van der Waals surface area contributed by atoms with E-state index in [9.17, 15) is 4.79 Å². The molecule has 1 aliphatic heterocycles. The van der Waals surface area contributed by atoms with Crippen LogP contribution in [0.15, 0.2) is 97.1 Å². The molecule has 0 fully saturated rings. The Balaban J connectivity index is 1.22. The summed E-state index contributed by atoms with van der Waals surface area (Å²) in [5.41, 5.74) is 5.01. The molecule has 6 rings (SSSR count). The number of allylic oxidation sites excluding steroid dienone is 2. The predicted octanol–water partition coefficient (Wildman–Crippen LogP) is 7.42. The molecular weight excluding hydrogens is 446 g/mol. The van der Waals surface area contributed by atoms with E-state index in [4.69, 9.17) is 9.47 Å². The van der Waals surface area contributed by atoms with Gasteiger partial charge in [0, 0.05) is 5.92 Å². The molecule has 1 aliphatic carbocycles. The standard InChI is InChI=1S/C32H29NO3/c1-2-35-32(34)29-12-6-11-28-26-9-5-10-27(26)30(33-31(28)29)23-15-17-25(18-16-23)36-20-21-13-14-22-7-3-4-8-24(22)19-21/h3-9,11-19,26-27,30,33H,2,10,20H2,1H3/t26-,27+,30+/m1/s1. The van der Waals surface area contributed by atoms with Gasteiger partial charge in [-0.05, 0) is 71.0 Å². The number of esters is 1. The molecule has 36 heavy (non-hydrogen) atoms. The summed E-state index contributed by atoms with van der Waals surface area (Å²) >= 11 is 0. The van der Waals surface area contributed by atoms with Crippen LogP contribution in [0.2, 0.25) is 0 Å². The Morgan fingerprint density at radius 2 is 1.78 bits per heavy atom. The summed E-state index contributed by atoms with van der Waals surface area (Å²) in [6.07, 6.45) is 5.55. The van der Waals surface area contributed by atoms with Crippen molar-refractivity contribution in [2.45, 2.75) is 31.9 Å². The molecule has 1 N–H and O–H groups in total. The van der Waals surface area contributed by atoms with Crippen LogP contribution in [0.1, 0.15) is 52.4 Å². The fourth-order valence-corrected chi connectivity index (χ4v) is 5.60. The Kier molecular flexibility index (Phi) is 5.94. The first-order chi connectivity index (χ1) is 17.7. The van der Waals surface area contributed by atoms with Crippen LogP contribution in [0, 0.1) is 5.92 Å². The summed E-state index contributed by atoms with van der Waals surface area (Å²) in [5, 5.41) is 6.16. The first kappa shape index (κ1) is 22.4. The third-order valence-electron chi connectivity index (χ3n) is 7.35. The van der Waals surface area contributed by atoms with Gasteiger partial charge in [-0.1, -0.05) is 72.8 Å². The molecule has 0 spiro atoms. The van der Waals surface area contributed by atoms with Crippen molar-refractivity contribution in [1.82, 2.24) is 0 Å². The van der Waals surface area contributed by atoms with Crippen LogP contribution >= 0.6 is 0 Å². The molecule has 0 saturated carbocycles. The van der Waals surface area contributed by atoms with Gasteiger partial charge in [0.25, 0.3) is 0 Å². The maximum atomic E-state index is 12.7. The molecule has 4 aromatic rings. The monoisotopic (exact) mass is 475 g/mol. The van der Waals surface area contributed by atoms with Crippen LogP contribution in [0.3, 0.4) is 0 Å². The fourth-order valence-electron chi connectivity index (χ4n) is 5.60. The fraction of sp³-hybridized carbons (Fsp3) is 0.219. The van der Waals surface area contributed by atoms with Gasteiger partial charge in [0.1, 0.15) is 12.4 Å². The van der Waals surface area contributed by atoms with Gasteiger partial charge in [-0.25, -0.2) is 4.79 Å². The van der Waals surface area contributed by atoms with Crippen LogP contribution in [0.4, 0.5) is 5.69 Å². The number of para-hydroxylation sites is 1. The van der Waals surface area contributed by atoms with E-state index in [1.165, 1.54) is 21.9 Å². The maximum Gasteiger partial charge on any atom is 0.340 e. The zero-order valence-corrected chi connectivity index (χ0v) is 20.3. The summed E-state index contributed by atoms with van der Waals surface area (Å²) in [6, 6.07) is 29.2. The lowest BCUT2D eigenvalue weighted by atomic mass is 9.76. The van der Waals surface area contributed by atoms with Gasteiger partial charge in [0.2, 0.25) is 0 Å². The van der Waals surface area contributed by atoms with Crippen LogP contribution in [0.5, 0.6) is 5.75 Å². The van der Waals surface area contributed by atoms with E-state index in [1.807, 2.05) is 31.2 Å². The average molecular weight is 476 g/mol. The van der Waals surface area contributed by atoms with Crippen molar-refractivity contribution in [1.29, 1.82) is 0 Å². The lowest BCUT2D eigenvalue weighted by Gasteiger charge is -2.38. The van der Waals surface area contributed by atoms with E-state index < -0.39 is 0 Å². The summed E-state index contributed by atoms with van der Waals surface area (Å²) in [7, 11) is 0. The minimum Gasteiger partial charge on any atom is -0.489 e. The Bertz CT molecular complexity index is 1440. The largest absolute Gasteiger partial charge is 0.489 e. The normalized spacial score (nSPS) is 19.9. The summed E-state index contributed by atoms with van der Waals surface area (Å²) in [5.74, 6) is 1.25. The van der Waals surface area contributed by atoms with Gasteiger partial charge >= 0.3 is 5.97 Å². The number of hydrogen-bond donors (Lipinski definition) is 1. The minimum absolute atomic E-state index is 0.0996. The van der Waals surface area contributed by atoms with Gasteiger partial charge < -0.3 is 14.8 Å². The van der Waals surface area contributed by atoms with Crippen LogP contribution in [0.25, 0.3) is 10.8 Å². The van der Waals surface area contributed by atoms with Crippen LogP contribution in [-0.4, -0.2) is 12.6 Å². The second kappa shape index (κ2) is 9.54. The number of anilines is 1. The molecule has 4 nitrogen and oxygen atoms in total. The highest BCUT2D eigenvalue weighted by Crippen LogP contribution is 2.50. The predicted molar refractivity (Wildman–Crippen MR) is 143 cm³/mol. The smallest absolute Gasteiger partial charge is 0.340 e. The Morgan fingerprint density at radius 1 is 0.944 bits per heavy atom. The van der Waals surface area contributed by atoms with Gasteiger partial charge in [0.15, 0.2) is 0 Å². The van der Waals surface area contributed by atoms with Crippen molar-refractivity contribution in [3.8, 4) is 5.75 Å². The van der Waals surface area contributed by atoms with Crippen molar-refractivity contribution >= 4 is 22.4 Å². The quantitative estimate of drug-likeness (QED) is 0.233. The van der Waals surface area contributed by atoms with Crippen molar-refractivity contribution in [3.05, 3.63) is 119 Å². The molecule has 0 radical (unpaired) electrons. The van der Waals surface area contributed by atoms with Gasteiger partial charge in [-0.3, -0.25) is 0 Å². The molecule has 180 valence electrons. The van der Waals surface area contributed by atoms with Crippen molar-refractivity contribution in [2.75, 3.05) is 11.9 Å². The van der Waals surface area contributed by atoms with E-state index in [2.05, 4.69) is 78.1 Å². The minimum atomic E-state index is -0.279. The topological polar surface area (TPSA) is 47.6 Å². The molecule has 0 saturated heterocycles. The highest BCUT2D eigenvalue weighted by molar-refractivity contribution is 5.97. The van der Waals surface area contributed by atoms with Gasteiger partial charge in [-0.2, -0.15) is 0 Å². The summed E-state index contributed by atoms with van der Waals surface area (Å²) in [6.45, 7) is 2.72. The molecule has 0 bridgehead atoms. The molecular formula is C32H29NO3. The zero-order valence-electron chi connectivity index (χ0n) is 20.3. The first-order valence-electron chi connectivity index (χ1n) is 12.6. The van der Waals surface area contributed by atoms with Gasteiger partial charge in [0.05, 0.1) is 23.9 Å². The zero-order chi connectivity index (χ0) is 24.5. The van der Waals surface area contributed by atoms with Crippen molar-refractivity contribution in [2.24, 2.45) is 5.92 Å². The maximum absolute atomic E-state index is 12.7. The van der Waals surface area contributed by atoms with Crippen molar-refractivity contribution < 1.29 is 14.3 Å². The molecule has 1 heterocycles. The second-order valence-corrected chi connectivity index (χ2v) is 9.50. The van der Waals surface area contributed by atoms with Crippen molar-refractivity contribution in [3.63, 3.8) is 0 Å². The number of carbonyl (C=O) groups excluding carboxylic acids is 1. The third kappa shape index (κ3) is 4.13. The summed E-state index contributed by atoms with van der Waals surface area (Å²) < 4.78 is 11.4. The Morgan fingerprint density at radius 3 is 2.61 bits per heavy atom. The number of carbonyl (C=O) groups is 1. The molecule has 4 heteroatoms. The number of fused-ring (bicyclic) bond motifs is 4. The lowest BCUT2D eigenvalue weighted by Crippen LogP contribution is -2.30. The lowest BCUT2D eigenvalue weighted by molar-refractivity contribution is 0.0527. The highest BCUT2D eigenvalue weighted by atomic mass is 16.5. The van der Waals surface area contributed by atoms with Gasteiger partial charge in [-0.15, -0.1) is 0 Å². The second-order valence-electron chi connectivity index (χ2n) is 9.50. The first-order valence-corrected chi connectivity index (χ1v) is 12.6. The van der Waals surface area contributed by atoms with Crippen LogP contribution < -0.4 is 10.1 Å². The van der Waals surface area contributed by atoms with E-state index in [0.717, 1.165) is 23.4 Å². The number of hydrogen-bond acceptors (Lipinski definition) is 4. The average Bonchev–Trinajstić information content (AvgIpc) is 3.42. The number of rotatable bonds is 6. The third-order valence-corrected chi connectivity index (χ3v) is 7.35.